The molecule has 0 aliphatic carbocycles. The van der Waals surface area contributed by atoms with E-state index < -0.39 is 24.3 Å². The summed E-state index contributed by atoms with van der Waals surface area (Å²) in [6.07, 6.45) is -0.104. The van der Waals surface area contributed by atoms with E-state index in [4.69, 9.17) is 5.11 Å². The van der Waals surface area contributed by atoms with E-state index in [1.807, 2.05) is 0 Å². The Morgan fingerprint density at radius 1 is 1.54 bits per heavy atom. The Hall–Kier alpha value is -1.59. The topological polar surface area (TPSA) is 95.5 Å². The molecule has 0 aromatic rings. The van der Waals surface area contributed by atoms with Crippen LogP contribution in [0.25, 0.3) is 0 Å². The number of carbonyl (C=O) groups is 3. The van der Waals surface area contributed by atoms with E-state index in [2.05, 4.69) is 10.6 Å². The van der Waals surface area contributed by atoms with E-state index >= 15 is 0 Å². The van der Waals surface area contributed by atoms with Crippen molar-refractivity contribution in [3.8, 4) is 0 Å². The molecule has 0 rings (SSSR count). The summed E-state index contributed by atoms with van der Waals surface area (Å²) >= 11 is 0. The second kappa shape index (κ2) is 5.99. The van der Waals surface area contributed by atoms with E-state index in [-0.39, 0.29) is 0 Å². The minimum absolute atomic E-state index is 0.308. The van der Waals surface area contributed by atoms with Crippen molar-refractivity contribution in [2.24, 2.45) is 0 Å². The smallest absolute Gasteiger partial charge is 0.305 e. The van der Waals surface area contributed by atoms with Crippen molar-refractivity contribution in [2.75, 3.05) is 6.54 Å². The van der Waals surface area contributed by atoms with Crippen molar-refractivity contribution in [3.63, 3.8) is 0 Å². The number of aliphatic carboxylic acids is 1. The van der Waals surface area contributed by atoms with Crippen LogP contribution in [0.2, 0.25) is 0 Å². The van der Waals surface area contributed by atoms with Crippen LogP contribution >= 0.6 is 0 Å². The molecule has 74 valence electrons. The molecule has 0 spiro atoms. The maximum Gasteiger partial charge on any atom is 0.305 e. The fourth-order valence-corrected chi connectivity index (χ4v) is 0.781. The first-order valence-electron chi connectivity index (χ1n) is 3.81. The standard InChI is InChI=1S/C7H12N2O4/c1-2-8-7(13)5(9-4-10)3-6(11)12/h4-5H,2-3H2,1H3,(H,8,13)(H,9,10)(H,11,12). The minimum Gasteiger partial charge on any atom is -0.481 e. The molecule has 0 saturated heterocycles. The molecule has 0 heterocycles. The predicted molar refractivity (Wildman–Crippen MR) is 43.9 cm³/mol. The van der Waals surface area contributed by atoms with Gasteiger partial charge in [0.2, 0.25) is 12.3 Å². The van der Waals surface area contributed by atoms with Gasteiger partial charge in [-0.2, -0.15) is 0 Å². The summed E-state index contributed by atoms with van der Waals surface area (Å²) in [4.78, 5) is 31.4. The average Bonchev–Trinajstić information content (AvgIpc) is 2.03. The van der Waals surface area contributed by atoms with Crippen LogP contribution in [0.1, 0.15) is 13.3 Å². The van der Waals surface area contributed by atoms with Gasteiger partial charge in [0.15, 0.2) is 0 Å². The Morgan fingerprint density at radius 3 is 2.54 bits per heavy atom. The van der Waals surface area contributed by atoms with Gasteiger partial charge in [0.25, 0.3) is 0 Å². The van der Waals surface area contributed by atoms with Crippen molar-refractivity contribution in [1.29, 1.82) is 0 Å². The summed E-state index contributed by atoms with van der Waals surface area (Å²) in [5.74, 6) is -1.62. The fraction of sp³-hybridized carbons (Fsp3) is 0.571. The third-order valence-electron chi connectivity index (χ3n) is 1.32. The lowest BCUT2D eigenvalue weighted by Gasteiger charge is -2.12. The molecule has 0 aliphatic heterocycles. The van der Waals surface area contributed by atoms with E-state index in [1.165, 1.54) is 0 Å². The van der Waals surface area contributed by atoms with Gasteiger partial charge < -0.3 is 15.7 Å². The highest BCUT2D eigenvalue weighted by Gasteiger charge is 2.19. The molecular formula is C7H12N2O4. The van der Waals surface area contributed by atoms with Gasteiger partial charge in [0.05, 0.1) is 6.42 Å². The zero-order chi connectivity index (χ0) is 10.3. The number of carboxylic acid groups (broad SMARTS) is 1. The maximum atomic E-state index is 11.1. The first kappa shape index (κ1) is 11.4. The quantitative estimate of drug-likeness (QED) is 0.452. The molecule has 0 saturated carbocycles. The van der Waals surface area contributed by atoms with Crippen LogP contribution < -0.4 is 10.6 Å². The molecule has 2 amide bonds. The lowest BCUT2D eigenvalue weighted by Crippen LogP contribution is -2.44. The molecule has 6 heteroatoms. The third-order valence-corrected chi connectivity index (χ3v) is 1.32. The molecule has 0 aromatic carbocycles. The highest BCUT2D eigenvalue weighted by Crippen LogP contribution is 1.91. The van der Waals surface area contributed by atoms with Gasteiger partial charge in [0, 0.05) is 6.54 Å². The van der Waals surface area contributed by atoms with Crippen LogP contribution in [-0.2, 0) is 14.4 Å². The van der Waals surface area contributed by atoms with E-state index in [1.54, 1.807) is 6.92 Å². The molecule has 0 aromatic heterocycles. The van der Waals surface area contributed by atoms with Crippen LogP contribution in [0.15, 0.2) is 0 Å². The largest absolute Gasteiger partial charge is 0.481 e. The summed E-state index contributed by atoms with van der Waals surface area (Å²) in [5.41, 5.74) is 0. The Kier molecular flexibility index (Phi) is 5.25. The van der Waals surface area contributed by atoms with Gasteiger partial charge in [-0.3, -0.25) is 14.4 Å². The van der Waals surface area contributed by atoms with Gasteiger partial charge >= 0.3 is 5.97 Å². The van der Waals surface area contributed by atoms with E-state index in [0.717, 1.165) is 0 Å². The summed E-state index contributed by atoms with van der Waals surface area (Å²) < 4.78 is 0. The molecule has 0 aliphatic rings. The SMILES string of the molecule is CCNC(=O)C(CC(=O)O)NC=O. The van der Waals surface area contributed by atoms with Crippen molar-refractivity contribution >= 4 is 18.3 Å². The normalized spacial score (nSPS) is 11.5. The minimum atomic E-state index is -1.13. The summed E-state index contributed by atoms with van der Waals surface area (Å²) in [7, 11) is 0. The monoisotopic (exact) mass is 188 g/mol. The number of amides is 2. The molecule has 0 bridgehead atoms. The van der Waals surface area contributed by atoms with Crippen LogP contribution in [0, 0.1) is 0 Å². The van der Waals surface area contributed by atoms with Gasteiger partial charge in [0.1, 0.15) is 6.04 Å². The van der Waals surface area contributed by atoms with Crippen LogP contribution in [0.3, 0.4) is 0 Å². The Balaban J connectivity index is 4.13. The maximum absolute atomic E-state index is 11.1. The zero-order valence-electron chi connectivity index (χ0n) is 7.24. The highest BCUT2D eigenvalue weighted by molar-refractivity contribution is 5.87. The second-order valence-corrected chi connectivity index (χ2v) is 2.33. The first-order chi connectivity index (χ1) is 6.11. The van der Waals surface area contributed by atoms with Gasteiger partial charge in [-0.25, -0.2) is 0 Å². The van der Waals surface area contributed by atoms with Crippen molar-refractivity contribution in [3.05, 3.63) is 0 Å². The van der Waals surface area contributed by atoms with E-state index in [0.29, 0.717) is 13.0 Å². The number of likely N-dealkylation sites (N-methyl/N-ethyl adjacent to an activating group) is 1. The number of hydrogen-bond donors (Lipinski definition) is 3. The molecule has 1 atom stereocenters. The highest BCUT2D eigenvalue weighted by atomic mass is 16.4. The van der Waals surface area contributed by atoms with Gasteiger partial charge in [-0.15, -0.1) is 0 Å². The molecule has 0 radical (unpaired) electrons. The summed E-state index contributed by atoms with van der Waals surface area (Å²) in [6.45, 7) is 2.10. The molecule has 0 fully saturated rings. The van der Waals surface area contributed by atoms with Crippen molar-refractivity contribution in [2.45, 2.75) is 19.4 Å². The second-order valence-electron chi connectivity index (χ2n) is 2.33. The summed E-state index contributed by atoms with van der Waals surface area (Å²) in [5, 5.41) is 12.9. The third kappa shape index (κ3) is 4.78. The molecule has 6 nitrogen and oxygen atoms in total. The van der Waals surface area contributed by atoms with Crippen molar-refractivity contribution in [1.82, 2.24) is 10.6 Å². The van der Waals surface area contributed by atoms with Crippen LogP contribution in [-0.4, -0.2) is 36.0 Å². The van der Waals surface area contributed by atoms with Crippen molar-refractivity contribution < 1.29 is 19.5 Å². The van der Waals surface area contributed by atoms with E-state index in [9.17, 15) is 14.4 Å². The molecule has 1 unspecified atom stereocenters. The Labute approximate surface area is 75.3 Å². The Morgan fingerprint density at radius 2 is 2.15 bits per heavy atom. The Bertz CT molecular complexity index is 205. The summed E-state index contributed by atoms with van der Waals surface area (Å²) in [6, 6.07) is -0.991. The van der Waals surface area contributed by atoms with Crippen LogP contribution in [0.5, 0.6) is 0 Å². The first-order valence-corrected chi connectivity index (χ1v) is 3.81. The average molecular weight is 188 g/mol. The number of nitrogens with one attached hydrogen (secondary N) is 2. The lowest BCUT2D eigenvalue weighted by atomic mass is 10.2. The number of rotatable bonds is 6. The van der Waals surface area contributed by atoms with Crippen LogP contribution in [0.4, 0.5) is 0 Å². The van der Waals surface area contributed by atoms with Gasteiger partial charge in [-0.05, 0) is 6.92 Å². The van der Waals surface area contributed by atoms with Gasteiger partial charge in [-0.1, -0.05) is 0 Å². The predicted octanol–water partition coefficient (Wildman–Crippen LogP) is -1.29. The number of carboxylic acids is 1. The fourth-order valence-electron chi connectivity index (χ4n) is 0.781. The molecular weight excluding hydrogens is 176 g/mol. The number of carbonyl (C=O) groups excluding carboxylic acids is 2. The molecule has 3 N–H and O–H groups in total. The zero-order valence-corrected chi connectivity index (χ0v) is 7.24. The number of hydrogen-bond acceptors (Lipinski definition) is 3. The lowest BCUT2D eigenvalue weighted by molar-refractivity contribution is -0.140. The molecule has 13 heavy (non-hydrogen) atoms.